The molecule has 0 fully saturated rings. The van der Waals surface area contributed by atoms with Gasteiger partial charge in [0, 0.05) is 28.7 Å². The molecular formula is C11H19Cl2N. The van der Waals surface area contributed by atoms with Gasteiger partial charge in [-0.2, -0.15) is 0 Å². The van der Waals surface area contributed by atoms with Crippen molar-refractivity contribution in [3.8, 4) is 0 Å². The summed E-state index contributed by atoms with van der Waals surface area (Å²) in [5.41, 5.74) is -0.0579. The molecule has 0 aromatic rings. The highest BCUT2D eigenvalue weighted by Gasteiger charge is 2.49. The van der Waals surface area contributed by atoms with Gasteiger partial charge >= 0.3 is 0 Å². The molecule has 0 N–H and O–H groups in total. The SMILES string of the molecule is CC(C)N(CC1(C)C(Cl)=C1Cl)C(C)C. The Bertz CT molecular complexity index is 236. The molecule has 0 aromatic heterocycles. The lowest BCUT2D eigenvalue weighted by molar-refractivity contribution is 0.149. The second kappa shape index (κ2) is 4.03. The molecule has 0 atom stereocenters. The zero-order valence-corrected chi connectivity index (χ0v) is 11.1. The highest BCUT2D eigenvalue weighted by atomic mass is 35.5. The van der Waals surface area contributed by atoms with Gasteiger partial charge in [0.15, 0.2) is 0 Å². The first-order valence-corrected chi connectivity index (χ1v) is 5.88. The van der Waals surface area contributed by atoms with Crippen molar-refractivity contribution in [1.29, 1.82) is 0 Å². The summed E-state index contributed by atoms with van der Waals surface area (Å²) in [4.78, 5) is 2.41. The minimum atomic E-state index is -0.0579. The summed E-state index contributed by atoms with van der Waals surface area (Å²) in [5.74, 6) is 0. The molecule has 0 saturated heterocycles. The van der Waals surface area contributed by atoms with Gasteiger partial charge in [0.25, 0.3) is 0 Å². The molecule has 0 saturated carbocycles. The van der Waals surface area contributed by atoms with Crippen LogP contribution in [0.1, 0.15) is 34.6 Å². The maximum Gasteiger partial charge on any atom is 0.0540 e. The van der Waals surface area contributed by atoms with Crippen LogP contribution in [0.2, 0.25) is 0 Å². The van der Waals surface area contributed by atoms with Gasteiger partial charge in [0.2, 0.25) is 0 Å². The molecule has 14 heavy (non-hydrogen) atoms. The van der Waals surface area contributed by atoms with Crippen molar-refractivity contribution in [2.24, 2.45) is 5.41 Å². The van der Waals surface area contributed by atoms with Gasteiger partial charge in [0.1, 0.15) is 0 Å². The first-order chi connectivity index (χ1) is 6.30. The third kappa shape index (κ3) is 2.10. The molecule has 1 aliphatic rings. The highest BCUT2D eigenvalue weighted by molar-refractivity contribution is 6.46. The zero-order chi connectivity index (χ0) is 11.1. The fourth-order valence-corrected chi connectivity index (χ4v) is 2.48. The Balaban J connectivity index is 2.59. The summed E-state index contributed by atoms with van der Waals surface area (Å²) < 4.78 is 0. The monoisotopic (exact) mass is 235 g/mol. The lowest BCUT2D eigenvalue weighted by atomic mass is 10.0. The third-order valence-corrected chi connectivity index (χ3v) is 4.23. The second-order valence-corrected chi connectivity index (χ2v) is 5.58. The van der Waals surface area contributed by atoms with Crippen LogP contribution in [0.15, 0.2) is 10.1 Å². The van der Waals surface area contributed by atoms with Crippen molar-refractivity contribution in [1.82, 2.24) is 4.90 Å². The first-order valence-electron chi connectivity index (χ1n) is 5.12. The molecule has 1 aliphatic carbocycles. The lowest BCUT2D eigenvalue weighted by Crippen LogP contribution is -2.41. The molecule has 0 aliphatic heterocycles. The van der Waals surface area contributed by atoms with E-state index >= 15 is 0 Å². The molecule has 0 amide bonds. The van der Waals surface area contributed by atoms with Crippen molar-refractivity contribution in [3.05, 3.63) is 10.1 Å². The van der Waals surface area contributed by atoms with Crippen LogP contribution in [-0.2, 0) is 0 Å². The van der Waals surface area contributed by atoms with Gasteiger partial charge in [-0.15, -0.1) is 0 Å². The Morgan fingerprint density at radius 3 is 1.64 bits per heavy atom. The summed E-state index contributed by atoms with van der Waals surface area (Å²) in [7, 11) is 0. The Labute approximate surface area is 97.1 Å². The largest absolute Gasteiger partial charge is 0.297 e. The Hall–Kier alpha value is 0.280. The number of nitrogens with zero attached hydrogens (tertiary/aromatic N) is 1. The van der Waals surface area contributed by atoms with Crippen molar-refractivity contribution >= 4 is 23.2 Å². The molecule has 0 unspecified atom stereocenters. The molecule has 1 nitrogen and oxygen atoms in total. The fourth-order valence-electron chi connectivity index (χ4n) is 1.80. The maximum atomic E-state index is 6.02. The van der Waals surface area contributed by atoms with E-state index < -0.39 is 0 Å². The van der Waals surface area contributed by atoms with Gasteiger partial charge in [-0.25, -0.2) is 0 Å². The van der Waals surface area contributed by atoms with Crippen LogP contribution in [0.3, 0.4) is 0 Å². The third-order valence-electron chi connectivity index (χ3n) is 2.92. The fraction of sp³-hybridized carbons (Fsp3) is 0.818. The standard InChI is InChI=1S/C11H19Cl2N/c1-7(2)14(8(3)4)6-11(5)9(12)10(11)13/h7-8H,6H2,1-5H3. The number of hydrogen-bond donors (Lipinski definition) is 0. The quantitative estimate of drug-likeness (QED) is 0.717. The van der Waals surface area contributed by atoms with E-state index in [1.165, 1.54) is 0 Å². The highest BCUT2D eigenvalue weighted by Crippen LogP contribution is 2.57. The molecular weight excluding hydrogens is 217 g/mol. The molecule has 0 spiro atoms. The predicted octanol–water partition coefficient (Wildman–Crippen LogP) is 3.81. The van der Waals surface area contributed by atoms with E-state index in [0.717, 1.165) is 16.6 Å². The average Bonchev–Trinajstić information content (AvgIpc) is 2.52. The van der Waals surface area contributed by atoms with Crippen LogP contribution in [-0.4, -0.2) is 23.5 Å². The average molecular weight is 236 g/mol. The summed E-state index contributed by atoms with van der Waals surface area (Å²) in [6.45, 7) is 11.8. The van der Waals surface area contributed by atoms with E-state index in [4.69, 9.17) is 23.2 Å². The first kappa shape index (κ1) is 12.4. The van der Waals surface area contributed by atoms with Gasteiger partial charge in [-0.1, -0.05) is 23.2 Å². The molecule has 0 radical (unpaired) electrons. The number of hydrogen-bond acceptors (Lipinski definition) is 1. The van der Waals surface area contributed by atoms with E-state index in [2.05, 4.69) is 39.5 Å². The van der Waals surface area contributed by atoms with Crippen molar-refractivity contribution in [2.75, 3.05) is 6.54 Å². The molecule has 3 heteroatoms. The van der Waals surface area contributed by atoms with Gasteiger partial charge in [-0.3, -0.25) is 4.90 Å². The predicted molar refractivity (Wildman–Crippen MR) is 63.8 cm³/mol. The Kier molecular flexibility index (Phi) is 3.56. The molecule has 82 valence electrons. The molecule has 0 aromatic carbocycles. The van der Waals surface area contributed by atoms with Crippen molar-refractivity contribution < 1.29 is 0 Å². The lowest BCUT2D eigenvalue weighted by Gasteiger charge is -2.33. The van der Waals surface area contributed by atoms with Crippen LogP contribution in [0.25, 0.3) is 0 Å². The number of rotatable bonds is 4. The van der Waals surface area contributed by atoms with Crippen LogP contribution in [0, 0.1) is 5.41 Å². The van der Waals surface area contributed by atoms with Gasteiger partial charge in [-0.05, 0) is 34.6 Å². The van der Waals surface area contributed by atoms with Crippen LogP contribution in [0.5, 0.6) is 0 Å². The van der Waals surface area contributed by atoms with Crippen LogP contribution in [0.4, 0.5) is 0 Å². The van der Waals surface area contributed by atoms with Crippen molar-refractivity contribution in [3.63, 3.8) is 0 Å². The van der Waals surface area contributed by atoms with Gasteiger partial charge in [0.05, 0.1) is 5.41 Å². The van der Waals surface area contributed by atoms with E-state index in [-0.39, 0.29) is 5.41 Å². The van der Waals surface area contributed by atoms with Crippen LogP contribution < -0.4 is 0 Å². The summed E-state index contributed by atoms with van der Waals surface area (Å²) >= 11 is 12.0. The normalized spacial score (nSPS) is 20.1. The van der Waals surface area contributed by atoms with E-state index in [1.807, 2.05) is 0 Å². The molecule has 0 heterocycles. The Morgan fingerprint density at radius 1 is 1.07 bits per heavy atom. The summed E-state index contributed by atoms with van der Waals surface area (Å²) in [5, 5.41) is 1.68. The molecule has 1 rings (SSSR count). The summed E-state index contributed by atoms with van der Waals surface area (Å²) in [6, 6.07) is 1.06. The molecule has 0 bridgehead atoms. The zero-order valence-electron chi connectivity index (χ0n) is 9.56. The smallest absolute Gasteiger partial charge is 0.0540 e. The van der Waals surface area contributed by atoms with Crippen LogP contribution >= 0.6 is 23.2 Å². The van der Waals surface area contributed by atoms with E-state index in [9.17, 15) is 0 Å². The maximum absolute atomic E-state index is 6.02. The minimum absolute atomic E-state index is 0.0579. The second-order valence-electron chi connectivity index (χ2n) is 4.82. The van der Waals surface area contributed by atoms with Gasteiger partial charge < -0.3 is 0 Å². The minimum Gasteiger partial charge on any atom is -0.297 e. The van der Waals surface area contributed by atoms with E-state index in [0.29, 0.717) is 12.1 Å². The Morgan fingerprint density at radius 2 is 1.43 bits per heavy atom. The summed E-state index contributed by atoms with van der Waals surface area (Å²) in [6.07, 6.45) is 0. The number of halogens is 2. The van der Waals surface area contributed by atoms with E-state index in [1.54, 1.807) is 0 Å². The van der Waals surface area contributed by atoms with Crippen molar-refractivity contribution in [2.45, 2.75) is 46.7 Å². The topological polar surface area (TPSA) is 3.24 Å².